The van der Waals surface area contributed by atoms with Crippen LogP contribution in [0.25, 0.3) is 0 Å². The molecule has 19 heavy (non-hydrogen) atoms. The van der Waals surface area contributed by atoms with Gasteiger partial charge in [-0.15, -0.1) is 6.58 Å². The number of hydrogen-bond acceptors (Lipinski definition) is 4. The van der Waals surface area contributed by atoms with E-state index in [-0.39, 0.29) is 5.97 Å². The van der Waals surface area contributed by atoms with Gasteiger partial charge in [0, 0.05) is 29.1 Å². The van der Waals surface area contributed by atoms with Crippen molar-refractivity contribution in [3.8, 4) is 0 Å². The summed E-state index contributed by atoms with van der Waals surface area (Å²) < 4.78 is 5.60. The molecular formula is C14H18BrNO2S. The lowest BCUT2D eigenvalue weighted by Gasteiger charge is -2.08. The number of carbonyl (C=O) groups is 1. The largest absolute Gasteiger partial charge is 0.465 e. The minimum Gasteiger partial charge on any atom is -0.465 e. The van der Waals surface area contributed by atoms with E-state index in [4.69, 9.17) is 0 Å². The molecule has 5 heteroatoms. The van der Waals surface area contributed by atoms with Gasteiger partial charge in [-0.3, -0.25) is 0 Å². The van der Waals surface area contributed by atoms with Gasteiger partial charge >= 0.3 is 5.97 Å². The first-order valence-electron chi connectivity index (χ1n) is 5.95. The second-order valence-corrected chi connectivity index (χ2v) is 5.84. The number of benzene rings is 1. The minimum atomic E-state index is -0.318. The van der Waals surface area contributed by atoms with Crippen molar-refractivity contribution >= 4 is 33.7 Å². The molecule has 0 spiro atoms. The molecule has 0 bridgehead atoms. The van der Waals surface area contributed by atoms with Gasteiger partial charge in [-0.05, 0) is 17.7 Å². The van der Waals surface area contributed by atoms with Crippen molar-refractivity contribution in [2.75, 3.05) is 25.2 Å². The van der Waals surface area contributed by atoms with Crippen molar-refractivity contribution in [1.29, 1.82) is 0 Å². The normalized spacial score (nSPS) is 10.2. The first-order valence-corrected chi connectivity index (χ1v) is 7.90. The quantitative estimate of drug-likeness (QED) is 0.446. The highest BCUT2D eigenvalue weighted by Crippen LogP contribution is 2.19. The van der Waals surface area contributed by atoms with Gasteiger partial charge in [0.05, 0.1) is 12.7 Å². The minimum absolute atomic E-state index is 0.318. The zero-order valence-corrected chi connectivity index (χ0v) is 13.4. The molecule has 0 aliphatic heterocycles. The highest BCUT2D eigenvalue weighted by molar-refractivity contribution is 9.10. The summed E-state index contributed by atoms with van der Waals surface area (Å²) in [5.74, 6) is 1.73. The summed E-state index contributed by atoms with van der Waals surface area (Å²) in [5.41, 5.74) is 1.68. The van der Waals surface area contributed by atoms with Crippen LogP contribution in [0.3, 0.4) is 0 Å². The molecule has 104 valence electrons. The molecule has 1 aromatic carbocycles. The fourth-order valence-corrected chi connectivity index (χ4v) is 2.61. The Morgan fingerprint density at radius 3 is 3.00 bits per heavy atom. The third-order valence-corrected chi connectivity index (χ3v) is 4.15. The fourth-order valence-electron chi connectivity index (χ4n) is 1.47. The number of methoxy groups -OCH3 is 1. The summed E-state index contributed by atoms with van der Waals surface area (Å²) in [4.78, 5) is 11.4. The van der Waals surface area contributed by atoms with E-state index in [1.807, 2.05) is 23.9 Å². The molecule has 1 rings (SSSR count). The smallest absolute Gasteiger partial charge is 0.337 e. The van der Waals surface area contributed by atoms with Crippen LogP contribution in [0.1, 0.15) is 15.9 Å². The summed E-state index contributed by atoms with van der Waals surface area (Å²) in [6, 6.07) is 5.50. The Balaban J connectivity index is 2.42. The summed E-state index contributed by atoms with van der Waals surface area (Å²) in [6.07, 6.45) is 1.91. The molecule has 1 aromatic rings. The van der Waals surface area contributed by atoms with Crippen molar-refractivity contribution in [2.45, 2.75) is 6.54 Å². The Morgan fingerprint density at radius 1 is 1.58 bits per heavy atom. The van der Waals surface area contributed by atoms with E-state index in [2.05, 4.69) is 32.6 Å². The third-order valence-electron chi connectivity index (χ3n) is 2.45. The fraction of sp³-hybridized carbons (Fsp3) is 0.357. The topological polar surface area (TPSA) is 38.3 Å². The first kappa shape index (κ1) is 16.3. The third kappa shape index (κ3) is 5.80. The molecule has 0 saturated heterocycles. The molecule has 0 unspecified atom stereocenters. The van der Waals surface area contributed by atoms with Gasteiger partial charge in [0.25, 0.3) is 0 Å². The van der Waals surface area contributed by atoms with E-state index in [1.54, 1.807) is 12.1 Å². The standard InChI is InChI=1S/C14H18BrNO2S/c1-3-7-19-8-6-16-10-12-5-4-11(9-13(12)15)14(17)18-2/h3-5,9,16H,1,6-8,10H2,2H3. The molecule has 0 heterocycles. The Labute approximate surface area is 126 Å². The molecule has 0 aliphatic carbocycles. The van der Waals surface area contributed by atoms with Crippen molar-refractivity contribution in [3.05, 3.63) is 46.5 Å². The van der Waals surface area contributed by atoms with Crippen molar-refractivity contribution in [3.63, 3.8) is 0 Å². The van der Waals surface area contributed by atoms with Crippen LogP contribution >= 0.6 is 27.7 Å². The number of carbonyl (C=O) groups excluding carboxylic acids is 1. The van der Waals surface area contributed by atoms with Gasteiger partial charge in [0.15, 0.2) is 0 Å². The lowest BCUT2D eigenvalue weighted by atomic mass is 10.1. The van der Waals surface area contributed by atoms with Crippen LogP contribution in [-0.4, -0.2) is 31.1 Å². The molecule has 0 aliphatic rings. The van der Waals surface area contributed by atoms with Gasteiger partial charge < -0.3 is 10.1 Å². The number of thioether (sulfide) groups is 1. The maximum absolute atomic E-state index is 11.4. The second kappa shape index (κ2) is 9.18. The zero-order valence-electron chi connectivity index (χ0n) is 10.9. The van der Waals surface area contributed by atoms with E-state index >= 15 is 0 Å². The van der Waals surface area contributed by atoms with Crippen LogP contribution in [0.4, 0.5) is 0 Å². The number of rotatable bonds is 8. The summed E-state index contributed by atoms with van der Waals surface area (Å²) in [6.45, 7) is 5.40. The number of esters is 1. The van der Waals surface area contributed by atoms with Gasteiger partial charge in [-0.2, -0.15) is 11.8 Å². The lowest BCUT2D eigenvalue weighted by molar-refractivity contribution is 0.0600. The average molecular weight is 344 g/mol. The number of halogens is 1. The molecule has 0 atom stereocenters. The molecule has 0 radical (unpaired) electrons. The maximum atomic E-state index is 11.4. The zero-order chi connectivity index (χ0) is 14.1. The Morgan fingerprint density at radius 2 is 2.37 bits per heavy atom. The number of nitrogens with one attached hydrogen (secondary N) is 1. The molecule has 3 nitrogen and oxygen atoms in total. The predicted octanol–water partition coefficient (Wildman–Crippen LogP) is 3.24. The Kier molecular flexibility index (Phi) is 7.86. The van der Waals surface area contributed by atoms with E-state index < -0.39 is 0 Å². The van der Waals surface area contributed by atoms with Gasteiger partial charge in [-0.25, -0.2) is 4.79 Å². The van der Waals surface area contributed by atoms with Gasteiger partial charge in [0.2, 0.25) is 0 Å². The van der Waals surface area contributed by atoms with Crippen molar-refractivity contribution in [1.82, 2.24) is 5.32 Å². The molecule has 0 amide bonds. The van der Waals surface area contributed by atoms with Crippen LogP contribution in [0.15, 0.2) is 35.3 Å². The monoisotopic (exact) mass is 343 g/mol. The van der Waals surface area contributed by atoms with Crippen LogP contribution in [0, 0.1) is 0 Å². The SMILES string of the molecule is C=CCSCCNCc1ccc(C(=O)OC)cc1Br. The Bertz CT molecular complexity index is 437. The van der Waals surface area contributed by atoms with Crippen molar-refractivity contribution < 1.29 is 9.53 Å². The van der Waals surface area contributed by atoms with Crippen molar-refractivity contribution in [2.24, 2.45) is 0 Å². The molecule has 0 saturated carbocycles. The van der Waals surface area contributed by atoms with E-state index in [0.717, 1.165) is 34.6 Å². The lowest BCUT2D eigenvalue weighted by Crippen LogP contribution is -2.17. The van der Waals surface area contributed by atoms with Crippen LogP contribution < -0.4 is 5.32 Å². The van der Waals surface area contributed by atoms with Crippen LogP contribution in [0.5, 0.6) is 0 Å². The van der Waals surface area contributed by atoms with Crippen LogP contribution in [-0.2, 0) is 11.3 Å². The highest BCUT2D eigenvalue weighted by atomic mass is 79.9. The summed E-state index contributed by atoms with van der Waals surface area (Å²) >= 11 is 5.32. The van der Waals surface area contributed by atoms with E-state index in [9.17, 15) is 4.79 Å². The van der Waals surface area contributed by atoms with E-state index in [1.165, 1.54) is 7.11 Å². The summed E-state index contributed by atoms with van der Waals surface area (Å²) in [7, 11) is 1.38. The van der Waals surface area contributed by atoms with E-state index in [0.29, 0.717) is 5.56 Å². The molecule has 0 aromatic heterocycles. The number of hydrogen-bond donors (Lipinski definition) is 1. The first-order chi connectivity index (χ1) is 9.19. The maximum Gasteiger partial charge on any atom is 0.337 e. The average Bonchev–Trinajstić information content (AvgIpc) is 2.43. The van der Waals surface area contributed by atoms with Gasteiger partial charge in [-0.1, -0.05) is 28.1 Å². The summed E-state index contributed by atoms with van der Waals surface area (Å²) in [5, 5.41) is 3.36. The Hall–Kier alpha value is -0.780. The molecule has 1 N–H and O–H groups in total. The number of ether oxygens (including phenoxy) is 1. The predicted molar refractivity (Wildman–Crippen MR) is 84.7 cm³/mol. The highest BCUT2D eigenvalue weighted by Gasteiger charge is 2.07. The molecular weight excluding hydrogens is 326 g/mol. The second-order valence-electron chi connectivity index (χ2n) is 3.84. The van der Waals surface area contributed by atoms with Crippen LogP contribution in [0.2, 0.25) is 0 Å². The van der Waals surface area contributed by atoms with Gasteiger partial charge in [0.1, 0.15) is 0 Å². The molecule has 0 fully saturated rings.